The number of rotatable bonds is 6. The standard InChI is InChI=1S/C17H22ClN3O2/c1-10(2)9-14(22)19-15(11(3)4)17-20-16(21-23-17)12-5-7-13(18)8-6-12/h5-8,10-11,15H,9H2,1-4H3,(H,19,22)/t15-/m0/s1. The van der Waals surface area contributed by atoms with Gasteiger partial charge in [0.2, 0.25) is 17.6 Å². The van der Waals surface area contributed by atoms with Crippen molar-refractivity contribution in [2.24, 2.45) is 11.8 Å². The van der Waals surface area contributed by atoms with Gasteiger partial charge in [0.05, 0.1) is 0 Å². The third-order valence-corrected chi connectivity index (χ3v) is 3.64. The molecule has 6 heteroatoms. The van der Waals surface area contributed by atoms with E-state index in [4.69, 9.17) is 16.1 Å². The quantitative estimate of drug-likeness (QED) is 0.856. The molecular formula is C17H22ClN3O2. The Bertz CT molecular complexity index is 650. The number of hydrogen-bond donors (Lipinski definition) is 1. The minimum absolute atomic E-state index is 0.00931. The molecule has 0 radical (unpaired) electrons. The van der Waals surface area contributed by atoms with Gasteiger partial charge in [0.15, 0.2) is 0 Å². The van der Waals surface area contributed by atoms with E-state index in [1.807, 2.05) is 39.8 Å². The maximum Gasteiger partial charge on any atom is 0.249 e. The molecule has 1 N–H and O–H groups in total. The molecule has 1 atom stereocenters. The van der Waals surface area contributed by atoms with Crippen molar-refractivity contribution in [3.8, 4) is 11.4 Å². The van der Waals surface area contributed by atoms with Gasteiger partial charge in [-0.15, -0.1) is 0 Å². The van der Waals surface area contributed by atoms with Gasteiger partial charge in [0, 0.05) is 17.0 Å². The average Bonchev–Trinajstić information content (AvgIpc) is 2.94. The fourth-order valence-electron chi connectivity index (χ4n) is 2.19. The molecule has 124 valence electrons. The van der Waals surface area contributed by atoms with Crippen LogP contribution in [0.1, 0.15) is 46.0 Å². The van der Waals surface area contributed by atoms with Crippen LogP contribution in [-0.2, 0) is 4.79 Å². The molecule has 0 aliphatic carbocycles. The van der Waals surface area contributed by atoms with Gasteiger partial charge in [-0.2, -0.15) is 4.98 Å². The predicted octanol–water partition coefficient (Wildman–Crippen LogP) is 4.25. The van der Waals surface area contributed by atoms with Crippen LogP contribution in [0.15, 0.2) is 28.8 Å². The molecule has 1 heterocycles. The maximum atomic E-state index is 12.0. The van der Waals surface area contributed by atoms with Gasteiger partial charge in [-0.05, 0) is 36.1 Å². The fourth-order valence-corrected chi connectivity index (χ4v) is 2.32. The van der Waals surface area contributed by atoms with Crippen LogP contribution in [0.5, 0.6) is 0 Å². The monoisotopic (exact) mass is 335 g/mol. The lowest BCUT2D eigenvalue weighted by Gasteiger charge is -2.19. The molecular weight excluding hydrogens is 314 g/mol. The Kier molecular flexibility index (Phi) is 5.77. The van der Waals surface area contributed by atoms with Crippen molar-refractivity contribution in [1.29, 1.82) is 0 Å². The van der Waals surface area contributed by atoms with E-state index in [0.717, 1.165) is 5.56 Å². The number of halogens is 1. The SMILES string of the molecule is CC(C)CC(=O)N[C@H](c1nc(-c2ccc(Cl)cc2)no1)C(C)C. The molecule has 1 aromatic carbocycles. The molecule has 0 aliphatic heterocycles. The second-order valence-electron chi connectivity index (χ2n) is 6.35. The van der Waals surface area contributed by atoms with Gasteiger partial charge < -0.3 is 9.84 Å². The van der Waals surface area contributed by atoms with Gasteiger partial charge in [-0.1, -0.05) is 44.5 Å². The molecule has 0 aliphatic rings. The Balaban J connectivity index is 2.17. The molecule has 0 unspecified atom stereocenters. The third-order valence-electron chi connectivity index (χ3n) is 3.39. The highest BCUT2D eigenvalue weighted by Gasteiger charge is 2.25. The molecule has 2 aromatic rings. The first-order chi connectivity index (χ1) is 10.9. The van der Waals surface area contributed by atoms with Gasteiger partial charge >= 0.3 is 0 Å². The zero-order valence-electron chi connectivity index (χ0n) is 13.8. The number of amides is 1. The summed E-state index contributed by atoms with van der Waals surface area (Å²) in [7, 11) is 0. The van der Waals surface area contributed by atoms with Crippen molar-refractivity contribution in [2.75, 3.05) is 0 Å². The van der Waals surface area contributed by atoms with E-state index in [2.05, 4.69) is 15.5 Å². The summed E-state index contributed by atoms with van der Waals surface area (Å²) in [5.74, 6) is 1.34. The summed E-state index contributed by atoms with van der Waals surface area (Å²) in [6, 6.07) is 6.92. The van der Waals surface area contributed by atoms with E-state index in [1.54, 1.807) is 12.1 Å². The lowest BCUT2D eigenvalue weighted by molar-refractivity contribution is -0.123. The fraction of sp³-hybridized carbons (Fsp3) is 0.471. The van der Waals surface area contributed by atoms with Crippen molar-refractivity contribution < 1.29 is 9.32 Å². The molecule has 0 saturated carbocycles. The van der Waals surface area contributed by atoms with Crippen LogP contribution in [0, 0.1) is 11.8 Å². The summed E-state index contributed by atoms with van der Waals surface area (Å²) in [5, 5.41) is 7.64. The first-order valence-corrected chi connectivity index (χ1v) is 8.13. The van der Waals surface area contributed by atoms with Gasteiger partial charge in [-0.25, -0.2) is 0 Å². The minimum atomic E-state index is -0.296. The van der Waals surface area contributed by atoms with E-state index in [9.17, 15) is 4.79 Å². The van der Waals surface area contributed by atoms with Crippen molar-refractivity contribution in [3.63, 3.8) is 0 Å². The molecule has 1 amide bonds. The predicted molar refractivity (Wildman–Crippen MR) is 89.9 cm³/mol. The normalized spacial score (nSPS) is 12.7. The highest BCUT2D eigenvalue weighted by Crippen LogP contribution is 2.24. The zero-order chi connectivity index (χ0) is 17.0. The molecule has 23 heavy (non-hydrogen) atoms. The number of carbonyl (C=O) groups excluding carboxylic acids is 1. The molecule has 0 spiro atoms. The Labute approximate surface area is 141 Å². The minimum Gasteiger partial charge on any atom is -0.344 e. The number of nitrogens with one attached hydrogen (secondary N) is 1. The Morgan fingerprint density at radius 3 is 2.43 bits per heavy atom. The van der Waals surface area contributed by atoms with Crippen LogP contribution in [0.2, 0.25) is 5.02 Å². The largest absolute Gasteiger partial charge is 0.344 e. The molecule has 0 fully saturated rings. The molecule has 5 nitrogen and oxygen atoms in total. The smallest absolute Gasteiger partial charge is 0.249 e. The Morgan fingerprint density at radius 1 is 1.22 bits per heavy atom. The van der Waals surface area contributed by atoms with Gasteiger partial charge in [-0.3, -0.25) is 4.79 Å². The van der Waals surface area contributed by atoms with Gasteiger partial charge in [0.1, 0.15) is 6.04 Å². The van der Waals surface area contributed by atoms with Crippen LogP contribution in [-0.4, -0.2) is 16.0 Å². The molecule has 0 bridgehead atoms. The van der Waals surface area contributed by atoms with Crippen LogP contribution in [0.25, 0.3) is 11.4 Å². The van der Waals surface area contributed by atoms with Crippen LogP contribution < -0.4 is 5.32 Å². The van der Waals surface area contributed by atoms with Crippen LogP contribution in [0.4, 0.5) is 0 Å². The maximum absolute atomic E-state index is 12.0. The molecule has 0 saturated heterocycles. The Hall–Kier alpha value is -1.88. The van der Waals surface area contributed by atoms with Crippen LogP contribution >= 0.6 is 11.6 Å². The first-order valence-electron chi connectivity index (χ1n) is 7.75. The zero-order valence-corrected chi connectivity index (χ0v) is 14.6. The topological polar surface area (TPSA) is 68.0 Å². The second kappa shape index (κ2) is 7.59. The van der Waals surface area contributed by atoms with E-state index in [-0.39, 0.29) is 17.9 Å². The van der Waals surface area contributed by atoms with E-state index < -0.39 is 0 Å². The van der Waals surface area contributed by atoms with E-state index in [1.165, 1.54) is 0 Å². The lowest BCUT2D eigenvalue weighted by Crippen LogP contribution is -2.32. The molecule has 2 rings (SSSR count). The summed E-state index contributed by atoms with van der Waals surface area (Å²) in [4.78, 5) is 16.5. The Morgan fingerprint density at radius 2 is 1.87 bits per heavy atom. The summed E-state index contributed by atoms with van der Waals surface area (Å²) < 4.78 is 5.37. The number of hydrogen-bond acceptors (Lipinski definition) is 4. The van der Waals surface area contributed by atoms with Crippen molar-refractivity contribution >= 4 is 17.5 Å². The van der Waals surface area contributed by atoms with Crippen LogP contribution in [0.3, 0.4) is 0 Å². The number of nitrogens with zero attached hydrogens (tertiary/aromatic N) is 2. The number of aromatic nitrogens is 2. The second-order valence-corrected chi connectivity index (χ2v) is 6.79. The lowest BCUT2D eigenvalue weighted by atomic mass is 10.0. The highest BCUT2D eigenvalue weighted by molar-refractivity contribution is 6.30. The molecule has 1 aromatic heterocycles. The van der Waals surface area contributed by atoms with Crippen molar-refractivity contribution in [1.82, 2.24) is 15.5 Å². The van der Waals surface area contributed by atoms with Crippen molar-refractivity contribution in [2.45, 2.75) is 40.2 Å². The van der Waals surface area contributed by atoms with Crippen molar-refractivity contribution in [3.05, 3.63) is 35.2 Å². The highest BCUT2D eigenvalue weighted by atomic mass is 35.5. The van der Waals surface area contributed by atoms with E-state index >= 15 is 0 Å². The average molecular weight is 336 g/mol. The summed E-state index contributed by atoms with van der Waals surface area (Å²) in [6.45, 7) is 8.03. The summed E-state index contributed by atoms with van der Waals surface area (Å²) >= 11 is 5.88. The summed E-state index contributed by atoms with van der Waals surface area (Å²) in [6.07, 6.45) is 0.474. The number of carbonyl (C=O) groups is 1. The third kappa shape index (κ3) is 4.79. The van der Waals surface area contributed by atoms with E-state index in [0.29, 0.717) is 29.1 Å². The number of benzene rings is 1. The first kappa shape index (κ1) is 17.5. The van der Waals surface area contributed by atoms with Gasteiger partial charge in [0.25, 0.3) is 0 Å². The summed E-state index contributed by atoms with van der Waals surface area (Å²) in [5.41, 5.74) is 0.820.